The van der Waals surface area contributed by atoms with Gasteiger partial charge < -0.3 is 4.90 Å². The minimum absolute atomic E-state index is 0.120. The van der Waals surface area contributed by atoms with Gasteiger partial charge in [0.15, 0.2) is 0 Å². The van der Waals surface area contributed by atoms with Crippen molar-refractivity contribution in [2.75, 3.05) is 12.0 Å². The van der Waals surface area contributed by atoms with Crippen LogP contribution in [0.2, 0.25) is 0 Å². The summed E-state index contributed by atoms with van der Waals surface area (Å²) >= 11 is 1.79. The predicted octanol–water partition coefficient (Wildman–Crippen LogP) is 2.89. The summed E-state index contributed by atoms with van der Waals surface area (Å²) in [6, 6.07) is 10.1. The molecular weight excluding hydrogens is 268 g/mol. The van der Waals surface area contributed by atoms with E-state index in [1.807, 2.05) is 35.2 Å². The number of carbonyl (C=O) groups is 1. The fourth-order valence-corrected chi connectivity index (χ4v) is 3.46. The van der Waals surface area contributed by atoms with Crippen molar-refractivity contribution in [3.63, 3.8) is 0 Å². The summed E-state index contributed by atoms with van der Waals surface area (Å²) in [4.78, 5) is 14.8. The molecule has 0 radical (unpaired) electrons. The summed E-state index contributed by atoms with van der Waals surface area (Å²) in [5.74, 6) is 1.58. The number of carbonyl (C=O) groups excluding carboxylic acids is 1. The van der Waals surface area contributed by atoms with Crippen molar-refractivity contribution >= 4 is 17.7 Å². The first kappa shape index (κ1) is 15.4. The predicted molar refractivity (Wildman–Crippen MR) is 85.6 cm³/mol. The van der Waals surface area contributed by atoms with Gasteiger partial charge in [0.05, 0.1) is 6.17 Å². The van der Waals surface area contributed by atoms with Crippen molar-refractivity contribution in [2.24, 2.45) is 5.92 Å². The molecule has 3 nitrogen and oxygen atoms in total. The molecule has 0 aromatic heterocycles. The Morgan fingerprint density at radius 1 is 1.25 bits per heavy atom. The van der Waals surface area contributed by atoms with E-state index < -0.39 is 0 Å². The van der Waals surface area contributed by atoms with Crippen molar-refractivity contribution in [1.29, 1.82) is 0 Å². The van der Waals surface area contributed by atoms with E-state index in [2.05, 4.69) is 32.3 Å². The highest BCUT2D eigenvalue weighted by Gasteiger charge is 2.42. The molecule has 0 bridgehead atoms. The van der Waals surface area contributed by atoms with Crippen molar-refractivity contribution in [3.8, 4) is 0 Å². The Kier molecular flexibility index (Phi) is 5.11. The Hall–Kier alpha value is -1.00. The fraction of sp³-hybridized carbons (Fsp3) is 0.562. The summed E-state index contributed by atoms with van der Waals surface area (Å²) in [5.41, 5.74) is 1.06. The first-order valence-electron chi connectivity index (χ1n) is 7.18. The lowest BCUT2D eigenvalue weighted by Crippen LogP contribution is -2.47. The molecule has 3 unspecified atom stereocenters. The zero-order valence-corrected chi connectivity index (χ0v) is 13.5. The monoisotopic (exact) mass is 292 g/mol. The first-order valence-corrected chi connectivity index (χ1v) is 8.57. The van der Waals surface area contributed by atoms with Gasteiger partial charge in [-0.05, 0) is 24.7 Å². The van der Waals surface area contributed by atoms with Crippen LogP contribution in [0.3, 0.4) is 0 Å². The molecule has 1 aromatic carbocycles. The van der Waals surface area contributed by atoms with Crippen LogP contribution in [0.25, 0.3) is 0 Å². The number of hydrogen-bond donors (Lipinski definition) is 1. The van der Waals surface area contributed by atoms with Crippen LogP contribution in [0.4, 0.5) is 0 Å². The molecule has 0 spiro atoms. The number of rotatable bonds is 5. The van der Waals surface area contributed by atoms with Gasteiger partial charge in [-0.15, -0.1) is 0 Å². The molecule has 110 valence electrons. The molecule has 1 aromatic rings. The van der Waals surface area contributed by atoms with E-state index in [0.29, 0.717) is 5.92 Å². The SMILES string of the molecule is CSCC(C)N1C(=O)C(c2ccccc2)NC1C(C)C. The maximum absolute atomic E-state index is 12.8. The second-order valence-electron chi connectivity index (χ2n) is 5.75. The third-order valence-electron chi connectivity index (χ3n) is 3.79. The highest BCUT2D eigenvalue weighted by Crippen LogP contribution is 2.29. The largest absolute Gasteiger partial charge is 0.322 e. The lowest BCUT2D eigenvalue weighted by molar-refractivity contribution is -0.132. The molecule has 2 rings (SSSR count). The van der Waals surface area contributed by atoms with E-state index >= 15 is 0 Å². The van der Waals surface area contributed by atoms with Crippen LogP contribution in [0.1, 0.15) is 32.4 Å². The van der Waals surface area contributed by atoms with Crippen molar-refractivity contribution in [2.45, 2.75) is 39.0 Å². The third-order valence-corrected chi connectivity index (χ3v) is 4.60. The highest BCUT2D eigenvalue weighted by molar-refractivity contribution is 7.98. The number of amides is 1. The van der Waals surface area contributed by atoms with Crippen molar-refractivity contribution in [3.05, 3.63) is 35.9 Å². The summed E-state index contributed by atoms with van der Waals surface area (Å²) in [6.45, 7) is 6.47. The van der Waals surface area contributed by atoms with Gasteiger partial charge in [0.2, 0.25) is 5.91 Å². The summed E-state index contributed by atoms with van der Waals surface area (Å²) in [6.07, 6.45) is 2.21. The maximum Gasteiger partial charge on any atom is 0.245 e. The second kappa shape index (κ2) is 6.64. The van der Waals surface area contributed by atoms with Gasteiger partial charge in [0, 0.05) is 11.8 Å². The molecule has 0 saturated carbocycles. The highest BCUT2D eigenvalue weighted by atomic mass is 32.2. The summed E-state index contributed by atoms with van der Waals surface area (Å²) in [7, 11) is 0. The van der Waals surface area contributed by atoms with Crippen LogP contribution in [0.5, 0.6) is 0 Å². The standard InChI is InChI=1S/C16H24N2OS/c1-11(2)15-17-14(13-8-6-5-7-9-13)16(19)18(15)12(3)10-20-4/h5-9,11-12,14-15,17H,10H2,1-4H3. The van der Waals surface area contributed by atoms with Gasteiger partial charge in [0.1, 0.15) is 6.04 Å². The third kappa shape index (κ3) is 3.01. The van der Waals surface area contributed by atoms with E-state index in [1.54, 1.807) is 11.8 Å². The Balaban J connectivity index is 2.25. The zero-order valence-electron chi connectivity index (χ0n) is 12.7. The van der Waals surface area contributed by atoms with Gasteiger partial charge in [-0.3, -0.25) is 10.1 Å². The van der Waals surface area contributed by atoms with Gasteiger partial charge in [-0.1, -0.05) is 44.2 Å². The molecule has 3 atom stereocenters. The van der Waals surface area contributed by atoms with E-state index in [9.17, 15) is 4.79 Å². The maximum atomic E-state index is 12.8. The molecular formula is C16H24N2OS. The molecule has 1 amide bonds. The number of thioether (sulfide) groups is 1. The van der Waals surface area contributed by atoms with Gasteiger partial charge in [-0.25, -0.2) is 0 Å². The summed E-state index contributed by atoms with van der Waals surface area (Å²) in [5, 5.41) is 3.51. The van der Waals surface area contributed by atoms with E-state index in [-0.39, 0.29) is 24.2 Å². The molecule has 1 aliphatic heterocycles. The lowest BCUT2D eigenvalue weighted by Gasteiger charge is -2.32. The van der Waals surface area contributed by atoms with E-state index in [4.69, 9.17) is 0 Å². The number of nitrogens with one attached hydrogen (secondary N) is 1. The Labute approximate surface area is 126 Å². The molecule has 1 aliphatic rings. The second-order valence-corrected chi connectivity index (χ2v) is 6.66. The van der Waals surface area contributed by atoms with Gasteiger partial charge >= 0.3 is 0 Å². The number of nitrogens with zero attached hydrogens (tertiary/aromatic N) is 1. The minimum Gasteiger partial charge on any atom is -0.322 e. The van der Waals surface area contributed by atoms with Gasteiger partial charge in [-0.2, -0.15) is 11.8 Å². The van der Waals surface area contributed by atoms with Crippen LogP contribution in [0, 0.1) is 5.92 Å². The molecule has 4 heteroatoms. The van der Waals surface area contributed by atoms with Crippen LogP contribution in [0.15, 0.2) is 30.3 Å². The Morgan fingerprint density at radius 3 is 2.45 bits per heavy atom. The molecule has 1 N–H and O–H groups in total. The minimum atomic E-state index is -0.201. The van der Waals surface area contributed by atoms with Crippen LogP contribution >= 0.6 is 11.8 Å². The molecule has 1 heterocycles. The van der Waals surface area contributed by atoms with Crippen LogP contribution < -0.4 is 5.32 Å². The van der Waals surface area contributed by atoms with E-state index in [0.717, 1.165) is 11.3 Å². The zero-order chi connectivity index (χ0) is 14.7. The number of hydrogen-bond acceptors (Lipinski definition) is 3. The molecule has 20 heavy (non-hydrogen) atoms. The lowest BCUT2D eigenvalue weighted by atomic mass is 10.1. The quantitative estimate of drug-likeness (QED) is 0.905. The average molecular weight is 292 g/mol. The average Bonchev–Trinajstić information content (AvgIpc) is 2.78. The van der Waals surface area contributed by atoms with Crippen molar-refractivity contribution in [1.82, 2.24) is 10.2 Å². The topological polar surface area (TPSA) is 32.3 Å². The number of benzene rings is 1. The van der Waals surface area contributed by atoms with E-state index in [1.165, 1.54) is 0 Å². The Morgan fingerprint density at radius 2 is 1.90 bits per heavy atom. The van der Waals surface area contributed by atoms with Crippen molar-refractivity contribution < 1.29 is 4.79 Å². The molecule has 0 aliphatic carbocycles. The Bertz CT molecular complexity index is 449. The van der Waals surface area contributed by atoms with Crippen LogP contribution in [-0.4, -0.2) is 35.0 Å². The smallest absolute Gasteiger partial charge is 0.245 e. The van der Waals surface area contributed by atoms with Gasteiger partial charge in [0.25, 0.3) is 0 Å². The fourth-order valence-electron chi connectivity index (χ4n) is 2.82. The molecule has 1 saturated heterocycles. The summed E-state index contributed by atoms with van der Waals surface area (Å²) < 4.78 is 0. The normalized spacial score (nSPS) is 24.4. The first-order chi connectivity index (χ1) is 9.56. The van der Waals surface area contributed by atoms with Crippen LogP contribution in [-0.2, 0) is 4.79 Å². The molecule has 1 fully saturated rings.